The van der Waals surface area contributed by atoms with Crippen molar-refractivity contribution in [3.8, 4) is 0 Å². The number of unbranched alkanes of at least 4 members (excludes halogenated alkanes) is 40. The third kappa shape index (κ3) is 61.3. The van der Waals surface area contributed by atoms with Gasteiger partial charge in [0.15, 0.2) is 6.10 Å². The first-order chi connectivity index (χ1) is 36.5. The molecule has 0 heterocycles. The maximum atomic E-state index is 12.8. The van der Waals surface area contributed by atoms with Crippen molar-refractivity contribution in [1.29, 1.82) is 0 Å². The predicted molar refractivity (Wildman–Crippen MR) is 319 cm³/mol. The van der Waals surface area contributed by atoms with Gasteiger partial charge in [0.05, 0.1) is 27.7 Å². The number of phosphoric acid groups is 1. The van der Waals surface area contributed by atoms with E-state index in [0.29, 0.717) is 17.4 Å². The predicted octanol–water partition coefficient (Wildman–Crippen LogP) is 19.7. The number of carbonyl (C=O) groups is 2. The Morgan fingerprint density at radius 1 is 0.413 bits per heavy atom. The molecule has 0 radical (unpaired) electrons. The number of nitrogens with zero attached hydrogens (tertiary/aromatic N) is 1. The molecule has 0 N–H and O–H groups in total. The largest absolute Gasteiger partial charge is 0.756 e. The molecule has 0 amide bonds. The molecular formula is C65H124NO8P. The summed E-state index contributed by atoms with van der Waals surface area (Å²) in [5, 5.41) is 0. The highest BCUT2D eigenvalue weighted by Gasteiger charge is 2.22. The second-order valence-electron chi connectivity index (χ2n) is 23.1. The summed E-state index contributed by atoms with van der Waals surface area (Å²) >= 11 is 0. The molecule has 75 heavy (non-hydrogen) atoms. The van der Waals surface area contributed by atoms with Crippen molar-refractivity contribution in [1.82, 2.24) is 0 Å². The van der Waals surface area contributed by atoms with Gasteiger partial charge in [0.25, 0.3) is 7.82 Å². The summed E-state index contributed by atoms with van der Waals surface area (Å²) in [5.74, 6) is -0.817. The number of hydrogen-bond acceptors (Lipinski definition) is 8. The average Bonchev–Trinajstić information content (AvgIpc) is 3.37. The van der Waals surface area contributed by atoms with E-state index in [-0.39, 0.29) is 32.0 Å². The molecule has 10 heteroatoms. The van der Waals surface area contributed by atoms with E-state index < -0.39 is 26.5 Å². The number of allylic oxidation sites excluding steroid dienone is 6. The zero-order valence-electron chi connectivity index (χ0n) is 50.3. The second-order valence-corrected chi connectivity index (χ2v) is 24.5. The number of esters is 2. The Morgan fingerprint density at radius 3 is 1.07 bits per heavy atom. The molecule has 0 spiro atoms. The highest BCUT2D eigenvalue weighted by molar-refractivity contribution is 7.45. The standard InChI is InChI=1S/C65H124NO8P/c1-6-8-10-12-14-16-18-20-21-22-23-24-25-26-27-28-29-30-31-32-33-34-35-36-37-38-39-40-41-42-43-44-45-46-48-50-52-54-56-58-65(68)74-63(62-73-75(69,70)72-60-59-66(3,4)5)61-71-64(67)57-55-53-51-49-47-19-17-15-13-11-9-7-2/h18,20,22-23,25-26,63H,6-17,19,21,24,27-62H2,1-5H3/b20-18-,23-22-,26-25-. The lowest BCUT2D eigenvalue weighted by Crippen LogP contribution is -2.37. The van der Waals surface area contributed by atoms with Crippen molar-refractivity contribution < 1.29 is 42.1 Å². The SMILES string of the molecule is CCCCCCC/C=C\C/C=C\C/C=C\CCCCCCCCCCCCCCCCCCCCCCCCCCC(=O)OC(COC(=O)CCCCCCCCCCCCCC)COP(=O)([O-])OCC[N+](C)(C)C. The highest BCUT2D eigenvalue weighted by Crippen LogP contribution is 2.38. The maximum absolute atomic E-state index is 12.8. The monoisotopic (exact) mass is 1080 g/mol. The van der Waals surface area contributed by atoms with Gasteiger partial charge in [-0.25, -0.2) is 0 Å². The summed E-state index contributed by atoms with van der Waals surface area (Å²) in [6.07, 6.45) is 70.9. The van der Waals surface area contributed by atoms with E-state index in [0.717, 1.165) is 44.9 Å². The van der Waals surface area contributed by atoms with Crippen LogP contribution in [-0.4, -0.2) is 70.0 Å². The molecule has 9 nitrogen and oxygen atoms in total. The maximum Gasteiger partial charge on any atom is 0.306 e. The van der Waals surface area contributed by atoms with Crippen LogP contribution < -0.4 is 4.89 Å². The van der Waals surface area contributed by atoms with Gasteiger partial charge in [0.2, 0.25) is 0 Å². The number of quaternary nitrogens is 1. The quantitative estimate of drug-likeness (QED) is 0.0195. The van der Waals surface area contributed by atoms with Crippen molar-refractivity contribution >= 4 is 19.8 Å². The Bertz CT molecular complexity index is 1360. The first-order valence-corrected chi connectivity index (χ1v) is 33.7. The molecule has 2 atom stereocenters. The third-order valence-corrected chi connectivity index (χ3v) is 15.4. The van der Waals surface area contributed by atoms with Crippen LogP contribution in [-0.2, 0) is 32.7 Å². The fraction of sp³-hybridized carbons (Fsp3) is 0.877. The fourth-order valence-electron chi connectivity index (χ4n) is 9.43. The lowest BCUT2D eigenvalue weighted by Gasteiger charge is -2.28. The number of likely N-dealkylation sites (N-methyl/N-ethyl adjacent to an activating group) is 1. The van der Waals surface area contributed by atoms with E-state index in [2.05, 4.69) is 50.3 Å². The van der Waals surface area contributed by atoms with Gasteiger partial charge >= 0.3 is 11.9 Å². The number of carbonyl (C=O) groups excluding carboxylic acids is 2. The third-order valence-electron chi connectivity index (χ3n) is 14.4. The Labute approximate surface area is 465 Å². The van der Waals surface area contributed by atoms with Gasteiger partial charge in [0.1, 0.15) is 19.8 Å². The van der Waals surface area contributed by atoms with E-state index in [1.165, 1.54) is 238 Å². The van der Waals surface area contributed by atoms with Crippen molar-refractivity contribution in [2.24, 2.45) is 0 Å². The van der Waals surface area contributed by atoms with E-state index in [4.69, 9.17) is 18.5 Å². The fourth-order valence-corrected chi connectivity index (χ4v) is 10.2. The van der Waals surface area contributed by atoms with Gasteiger partial charge in [-0.05, 0) is 51.4 Å². The normalized spacial score (nSPS) is 13.4. The van der Waals surface area contributed by atoms with Crippen LogP contribution in [0.2, 0.25) is 0 Å². The Hall–Kier alpha value is -1.77. The summed E-state index contributed by atoms with van der Waals surface area (Å²) in [6.45, 7) is 4.26. The van der Waals surface area contributed by atoms with Crippen LogP contribution in [0.15, 0.2) is 36.5 Å². The van der Waals surface area contributed by atoms with Crippen LogP contribution in [0.4, 0.5) is 0 Å². The Morgan fingerprint density at radius 2 is 0.720 bits per heavy atom. The molecule has 442 valence electrons. The molecule has 0 saturated carbocycles. The molecule has 0 fully saturated rings. The van der Waals surface area contributed by atoms with Gasteiger partial charge < -0.3 is 27.9 Å². The number of ether oxygens (including phenoxy) is 2. The van der Waals surface area contributed by atoms with E-state index >= 15 is 0 Å². The van der Waals surface area contributed by atoms with Gasteiger partial charge in [0, 0.05) is 12.8 Å². The van der Waals surface area contributed by atoms with Gasteiger partial charge in [-0.1, -0.05) is 288 Å². The van der Waals surface area contributed by atoms with Gasteiger partial charge in [-0.3, -0.25) is 14.2 Å². The lowest BCUT2D eigenvalue weighted by atomic mass is 10.0. The van der Waals surface area contributed by atoms with Crippen molar-refractivity contribution in [3.63, 3.8) is 0 Å². The molecule has 2 unspecified atom stereocenters. The molecule has 0 aliphatic rings. The molecule has 0 aromatic carbocycles. The van der Waals surface area contributed by atoms with Crippen LogP contribution in [0, 0.1) is 0 Å². The number of phosphoric ester groups is 1. The Balaban J connectivity index is 3.86. The number of rotatable bonds is 60. The summed E-state index contributed by atoms with van der Waals surface area (Å²) in [5.41, 5.74) is 0. The molecule has 0 bridgehead atoms. The molecule has 0 aromatic heterocycles. The Kier molecular flexibility index (Phi) is 55.6. The summed E-state index contributed by atoms with van der Waals surface area (Å²) in [4.78, 5) is 37.8. The van der Waals surface area contributed by atoms with E-state index in [9.17, 15) is 19.0 Å². The highest BCUT2D eigenvalue weighted by atomic mass is 31.2. The molecular weight excluding hydrogens is 954 g/mol. The zero-order chi connectivity index (χ0) is 54.9. The zero-order valence-corrected chi connectivity index (χ0v) is 51.2. The van der Waals surface area contributed by atoms with E-state index in [1.807, 2.05) is 21.1 Å². The van der Waals surface area contributed by atoms with Crippen LogP contribution in [0.1, 0.15) is 316 Å². The summed E-state index contributed by atoms with van der Waals surface area (Å²) in [7, 11) is 1.18. The van der Waals surface area contributed by atoms with Crippen LogP contribution in [0.3, 0.4) is 0 Å². The minimum absolute atomic E-state index is 0.0273. The molecule has 0 aliphatic carbocycles. The molecule has 0 aromatic rings. The van der Waals surface area contributed by atoms with Crippen molar-refractivity contribution in [2.45, 2.75) is 322 Å². The van der Waals surface area contributed by atoms with Crippen LogP contribution in [0.5, 0.6) is 0 Å². The average molecular weight is 1080 g/mol. The minimum Gasteiger partial charge on any atom is -0.756 e. The minimum atomic E-state index is -4.63. The topological polar surface area (TPSA) is 111 Å². The summed E-state index contributed by atoms with van der Waals surface area (Å²) < 4.78 is 34.1. The lowest BCUT2D eigenvalue weighted by molar-refractivity contribution is -0.870. The van der Waals surface area contributed by atoms with Crippen molar-refractivity contribution in [2.75, 3.05) is 47.5 Å². The van der Waals surface area contributed by atoms with Gasteiger partial charge in [-0.15, -0.1) is 0 Å². The first kappa shape index (κ1) is 73.2. The molecule has 0 aliphatic heterocycles. The number of hydrogen-bond donors (Lipinski definition) is 0. The van der Waals surface area contributed by atoms with Crippen LogP contribution in [0.25, 0.3) is 0 Å². The molecule has 0 saturated heterocycles. The van der Waals surface area contributed by atoms with Gasteiger partial charge in [-0.2, -0.15) is 0 Å². The summed E-state index contributed by atoms with van der Waals surface area (Å²) in [6, 6.07) is 0. The molecule has 0 rings (SSSR count). The van der Waals surface area contributed by atoms with E-state index in [1.54, 1.807) is 0 Å². The smallest absolute Gasteiger partial charge is 0.306 e. The van der Waals surface area contributed by atoms with Crippen molar-refractivity contribution in [3.05, 3.63) is 36.5 Å². The first-order valence-electron chi connectivity index (χ1n) is 32.2. The van der Waals surface area contributed by atoms with Crippen LogP contribution >= 0.6 is 7.82 Å². The second kappa shape index (κ2) is 56.9.